The Balaban J connectivity index is 1.62. The molecule has 168 valence electrons. The van der Waals surface area contributed by atoms with E-state index in [1.807, 2.05) is 44.2 Å². The van der Waals surface area contributed by atoms with Gasteiger partial charge in [0.05, 0.1) is 16.1 Å². The second kappa shape index (κ2) is 9.37. The van der Waals surface area contributed by atoms with E-state index in [1.54, 1.807) is 13.0 Å². The number of pyridine rings is 1. The molecule has 0 atom stereocenters. The SMILES string of the molecule is Cc1ccc(S(N)(=O)=O)c(C(=O)NCCc2ccc(Nc3nc(C)cc(C)c3N)cc2)c1. The summed E-state index contributed by atoms with van der Waals surface area (Å²) in [5.74, 6) is 0.138. The number of nitrogens with one attached hydrogen (secondary N) is 2. The number of aromatic nitrogens is 1. The van der Waals surface area contributed by atoms with Gasteiger partial charge in [0.25, 0.3) is 5.91 Å². The number of amides is 1. The van der Waals surface area contributed by atoms with Crippen molar-refractivity contribution in [2.45, 2.75) is 32.1 Å². The number of rotatable bonds is 7. The average molecular weight is 454 g/mol. The smallest absolute Gasteiger partial charge is 0.252 e. The Morgan fingerprint density at radius 3 is 2.38 bits per heavy atom. The van der Waals surface area contributed by atoms with Crippen LogP contribution in [0.1, 0.15) is 32.7 Å². The topological polar surface area (TPSA) is 140 Å². The summed E-state index contributed by atoms with van der Waals surface area (Å²) < 4.78 is 23.5. The number of benzene rings is 2. The highest BCUT2D eigenvalue weighted by Crippen LogP contribution is 2.25. The first-order chi connectivity index (χ1) is 15.0. The average Bonchev–Trinajstić information content (AvgIpc) is 2.72. The molecular formula is C23H27N5O3S. The van der Waals surface area contributed by atoms with Gasteiger partial charge in [-0.05, 0) is 68.7 Å². The molecule has 0 radical (unpaired) electrons. The minimum atomic E-state index is -3.99. The van der Waals surface area contributed by atoms with Crippen LogP contribution in [0.3, 0.4) is 0 Å². The standard InChI is InChI=1S/C23H27N5O3S/c1-14-4-9-20(32(25,30)31)19(12-14)23(29)26-11-10-17-5-7-18(8-6-17)28-22-21(24)15(2)13-16(3)27-22/h4-9,12-13H,10-11,24H2,1-3H3,(H,26,29)(H,27,28)(H2,25,30,31). The Hall–Kier alpha value is -3.43. The number of nitrogens with two attached hydrogens (primary N) is 2. The van der Waals surface area contributed by atoms with Crippen LogP contribution < -0.4 is 21.5 Å². The van der Waals surface area contributed by atoms with Crippen molar-refractivity contribution in [3.63, 3.8) is 0 Å². The van der Waals surface area contributed by atoms with Crippen molar-refractivity contribution >= 4 is 33.1 Å². The molecular weight excluding hydrogens is 426 g/mol. The van der Waals surface area contributed by atoms with Gasteiger partial charge in [-0.1, -0.05) is 23.8 Å². The van der Waals surface area contributed by atoms with E-state index in [9.17, 15) is 13.2 Å². The Kier molecular flexibility index (Phi) is 6.81. The largest absolute Gasteiger partial charge is 0.396 e. The summed E-state index contributed by atoms with van der Waals surface area (Å²) >= 11 is 0. The number of aryl methyl sites for hydroxylation is 3. The summed E-state index contributed by atoms with van der Waals surface area (Å²) in [5.41, 5.74) is 11.2. The predicted molar refractivity (Wildman–Crippen MR) is 126 cm³/mol. The predicted octanol–water partition coefficient (Wildman–Crippen LogP) is 2.95. The van der Waals surface area contributed by atoms with E-state index in [0.29, 0.717) is 24.5 Å². The van der Waals surface area contributed by atoms with Gasteiger partial charge in [-0.15, -0.1) is 0 Å². The van der Waals surface area contributed by atoms with Crippen molar-refractivity contribution in [3.05, 3.63) is 76.5 Å². The molecule has 0 bridgehead atoms. The van der Waals surface area contributed by atoms with Crippen LogP contribution in [0.2, 0.25) is 0 Å². The van der Waals surface area contributed by atoms with E-state index < -0.39 is 15.9 Å². The highest BCUT2D eigenvalue weighted by atomic mass is 32.2. The Labute approximate surface area is 188 Å². The summed E-state index contributed by atoms with van der Waals surface area (Å²) in [6.07, 6.45) is 0.576. The summed E-state index contributed by atoms with van der Waals surface area (Å²) in [6, 6.07) is 14.1. The number of hydrogen-bond donors (Lipinski definition) is 4. The zero-order valence-corrected chi connectivity index (χ0v) is 19.1. The fourth-order valence-corrected chi connectivity index (χ4v) is 4.03. The molecule has 9 heteroatoms. The summed E-state index contributed by atoms with van der Waals surface area (Å²) in [4.78, 5) is 16.8. The molecule has 3 rings (SSSR count). The van der Waals surface area contributed by atoms with Crippen molar-refractivity contribution in [1.29, 1.82) is 0 Å². The minimum Gasteiger partial charge on any atom is -0.396 e. The number of anilines is 3. The maximum Gasteiger partial charge on any atom is 0.252 e. The van der Waals surface area contributed by atoms with E-state index in [1.165, 1.54) is 12.1 Å². The molecule has 0 aliphatic heterocycles. The van der Waals surface area contributed by atoms with Gasteiger partial charge in [0.2, 0.25) is 10.0 Å². The summed E-state index contributed by atoms with van der Waals surface area (Å²) in [7, 11) is -3.99. The fourth-order valence-electron chi connectivity index (χ4n) is 3.32. The molecule has 0 unspecified atom stereocenters. The first kappa shape index (κ1) is 23.2. The van der Waals surface area contributed by atoms with Crippen LogP contribution in [-0.4, -0.2) is 25.9 Å². The number of primary sulfonamides is 1. The van der Waals surface area contributed by atoms with Gasteiger partial charge in [-0.2, -0.15) is 0 Å². The molecule has 1 heterocycles. The maximum absolute atomic E-state index is 12.5. The lowest BCUT2D eigenvalue weighted by atomic mass is 10.1. The van der Waals surface area contributed by atoms with E-state index in [0.717, 1.165) is 28.1 Å². The van der Waals surface area contributed by atoms with E-state index in [2.05, 4.69) is 15.6 Å². The molecule has 2 aromatic carbocycles. The van der Waals surface area contributed by atoms with E-state index >= 15 is 0 Å². The van der Waals surface area contributed by atoms with Gasteiger partial charge in [0.1, 0.15) is 0 Å². The van der Waals surface area contributed by atoms with Gasteiger partial charge < -0.3 is 16.4 Å². The number of sulfonamides is 1. The van der Waals surface area contributed by atoms with Gasteiger partial charge in [0.15, 0.2) is 5.82 Å². The lowest BCUT2D eigenvalue weighted by Gasteiger charge is -2.12. The van der Waals surface area contributed by atoms with Crippen molar-refractivity contribution in [3.8, 4) is 0 Å². The van der Waals surface area contributed by atoms with Crippen molar-refractivity contribution < 1.29 is 13.2 Å². The number of carbonyl (C=O) groups excluding carboxylic acids is 1. The third-order valence-electron chi connectivity index (χ3n) is 5.00. The molecule has 32 heavy (non-hydrogen) atoms. The highest BCUT2D eigenvalue weighted by Gasteiger charge is 2.19. The van der Waals surface area contributed by atoms with Crippen LogP contribution in [0.15, 0.2) is 53.4 Å². The zero-order valence-electron chi connectivity index (χ0n) is 18.3. The lowest BCUT2D eigenvalue weighted by Crippen LogP contribution is -2.28. The number of hydrogen-bond acceptors (Lipinski definition) is 6. The number of nitrogen functional groups attached to an aromatic ring is 1. The molecule has 1 amide bonds. The zero-order chi connectivity index (χ0) is 23.5. The molecule has 0 fully saturated rings. The van der Waals surface area contributed by atoms with Crippen LogP contribution in [0, 0.1) is 20.8 Å². The molecule has 8 nitrogen and oxygen atoms in total. The third-order valence-corrected chi connectivity index (χ3v) is 5.96. The van der Waals surface area contributed by atoms with Gasteiger partial charge in [-0.3, -0.25) is 4.79 Å². The molecule has 0 saturated heterocycles. The third kappa shape index (κ3) is 5.63. The molecule has 1 aromatic heterocycles. The Bertz CT molecular complexity index is 1260. The first-order valence-corrected chi connectivity index (χ1v) is 11.6. The van der Waals surface area contributed by atoms with Crippen molar-refractivity contribution in [2.24, 2.45) is 5.14 Å². The van der Waals surface area contributed by atoms with Crippen LogP contribution >= 0.6 is 0 Å². The van der Waals surface area contributed by atoms with Gasteiger partial charge >= 0.3 is 0 Å². The Morgan fingerprint density at radius 1 is 1.03 bits per heavy atom. The van der Waals surface area contributed by atoms with E-state index in [-0.39, 0.29) is 10.5 Å². The highest BCUT2D eigenvalue weighted by molar-refractivity contribution is 7.89. The second-order valence-corrected chi connectivity index (χ2v) is 9.25. The lowest BCUT2D eigenvalue weighted by molar-refractivity contribution is 0.0950. The van der Waals surface area contributed by atoms with Crippen LogP contribution in [0.5, 0.6) is 0 Å². The van der Waals surface area contributed by atoms with Crippen molar-refractivity contribution in [1.82, 2.24) is 10.3 Å². The second-order valence-electron chi connectivity index (χ2n) is 7.72. The molecule has 0 aliphatic rings. The summed E-state index contributed by atoms with van der Waals surface area (Å²) in [6.45, 7) is 5.97. The number of carbonyl (C=O) groups is 1. The van der Waals surface area contributed by atoms with Gasteiger partial charge in [0, 0.05) is 17.9 Å². The molecule has 3 aromatic rings. The van der Waals surface area contributed by atoms with E-state index in [4.69, 9.17) is 10.9 Å². The molecule has 6 N–H and O–H groups in total. The Morgan fingerprint density at radius 2 is 1.72 bits per heavy atom. The fraction of sp³-hybridized carbons (Fsp3) is 0.217. The van der Waals surface area contributed by atoms with Crippen LogP contribution in [0.4, 0.5) is 17.2 Å². The molecule has 0 aliphatic carbocycles. The minimum absolute atomic E-state index is 0.0468. The number of nitrogens with zero attached hydrogens (tertiary/aromatic N) is 1. The summed E-state index contributed by atoms with van der Waals surface area (Å²) in [5, 5.41) is 11.2. The molecule has 0 saturated carbocycles. The monoisotopic (exact) mass is 453 g/mol. The molecule has 0 spiro atoms. The van der Waals surface area contributed by atoms with Crippen molar-refractivity contribution in [2.75, 3.05) is 17.6 Å². The quantitative estimate of drug-likeness (QED) is 0.433. The van der Waals surface area contributed by atoms with Crippen LogP contribution in [-0.2, 0) is 16.4 Å². The maximum atomic E-state index is 12.5. The normalized spacial score (nSPS) is 11.2. The first-order valence-electron chi connectivity index (χ1n) is 10.1. The van der Waals surface area contributed by atoms with Crippen LogP contribution in [0.25, 0.3) is 0 Å². The van der Waals surface area contributed by atoms with Gasteiger partial charge in [-0.25, -0.2) is 18.5 Å².